The van der Waals surface area contributed by atoms with Crippen molar-refractivity contribution in [3.8, 4) is 0 Å². The molecule has 1 aliphatic rings. The van der Waals surface area contributed by atoms with E-state index < -0.39 is 0 Å². The summed E-state index contributed by atoms with van der Waals surface area (Å²) < 4.78 is 11.5. The van der Waals surface area contributed by atoms with Gasteiger partial charge in [0.2, 0.25) is 0 Å². The van der Waals surface area contributed by atoms with Crippen LogP contribution in [0.5, 0.6) is 0 Å². The largest absolute Gasteiger partial charge is 0.466 e. The first kappa shape index (κ1) is 57.8. The van der Waals surface area contributed by atoms with Crippen LogP contribution in [0.3, 0.4) is 0 Å². The Bertz CT molecular complexity index is 911. The molecular weight excluding hydrogens is 757 g/mol. The Morgan fingerprint density at radius 1 is 0.475 bits per heavy atom. The van der Waals surface area contributed by atoms with E-state index in [9.17, 15) is 14.7 Å². The summed E-state index contributed by atoms with van der Waals surface area (Å²) in [6.45, 7) is 13.0. The van der Waals surface area contributed by atoms with E-state index in [-0.39, 0.29) is 18.5 Å². The van der Waals surface area contributed by atoms with Gasteiger partial charge < -0.3 is 14.6 Å². The third kappa shape index (κ3) is 37.9. The van der Waals surface area contributed by atoms with Crippen LogP contribution in [0.1, 0.15) is 271 Å². The summed E-state index contributed by atoms with van der Waals surface area (Å²) in [5, 5.41) is 9.88. The van der Waals surface area contributed by atoms with Crippen molar-refractivity contribution < 1.29 is 24.2 Å². The molecule has 1 rings (SSSR count). The van der Waals surface area contributed by atoms with Gasteiger partial charge in [-0.15, -0.1) is 0 Å². The summed E-state index contributed by atoms with van der Waals surface area (Å²) in [7, 11) is 0. The number of aliphatic hydroxyl groups excluding tert-OH is 1. The number of hydrogen-bond donors (Lipinski definition) is 1. The Kier molecular flexibility index (Phi) is 43.0. The van der Waals surface area contributed by atoms with E-state index in [1.807, 2.05) is 0 Å². The highest BCUT2D eigenvalue weighted by molar-refractivity contribution is 5.69. The highest BCUT2D eigenvalue weighted by Crippen LogP contribution is 2.24. The van der Waals surface area contributed by atoms with E-state index in [1.165, 1.54) is 193 Å². The lowest BCUT2D eigenvalue weighted by Gasteiger charge is -2.36. The quantitative estimate of drug-likeness (QED) is 0.0482. The lowest BCUT2D eigenvalue weighted by molar-refractivity contribution is -0.145. The molecule has 7 heteroatoms. The molecule has 0 spiro atoms. The Labute approximate surface area is 380 Å². The van der Waals surface area contributed by atoms with Crippen LogP contribution in [0.25, 0.3) is 0 Å². The SMILES string of the molecule is CCCCCCCCCCCCCCOC(=O)CCCCCN(CCN(CCO)CCCCCC(=O)OCC(CCCCCCCC)CCCCCCCC)C1CCCCC1. The summed E-state index contributed by atoms with van der Waals surface area (Å²) in [6, 6.07) is 0.660. The zero-order valence-electron chi connectivity index (χ0n) is 41.4. The van der Waals surface area contributed by atoms with Crippen molar-refractivity contribution in [1.82, 2.24) is 9.80 Å². The van der Waals surface area contributed by atoms with E-state index in [0.717, 1.165) is 71.1 Å². The van der Waals surface area contributed by atoms with Gasteiger partial charge in [0.05, 0.1) is 19.8 Å². The Morgan fingerprint density at radius 3 is 1.43 bits per heavy atom. The second kappa shape index (κ2) is 45.4. The average molecular weight is 863 g/mol. The lowest BCUT2D eigenvalue weighted by atomic mass is 9.94. The van der Waals surface area contributed by atoms with E-state index >= 15 is 0 Å². The minimum absolute atomic E-state index is 0.0158. The first-order valence-corrected chi connectivity index (χ1v) is 27.4. The maximum atomic E-state index is 12.8. The van der Waals surface area contributed by atoms with Gasteiger partial charge in [0.25, 0.3) is 0 Å². The zero-order valence-corrected chi connectivity index (χ0v) is 41.4. The molecule has 0 aromatic rings. The number of ether oxygens (including phenoxy) is 2. The second-order valence-electron chi connectivity index (χ2n) is 19.3. The summed E-state index contributed by atoms with van der Waals surface area (Å²) >= 11 is 0. The average Bonchev–Trinajstić information content (AvgIpc) is 3.27. The normalized spacial score (nSPS) is 13.6. The van der Waals surface area contributed by atoms with Gasteiger partial charge in [-0.2, -0.15) is 0 Å². The van der Waals surface area contributed by atoms with Crippen LogP contribution in [0, 0.1) is 5.92 Å². The molecular formula is C54H106N2O5. The molecule has 0 saturated heterocycles. The van der Waals surface area contributed by atoms with E-state index in [1.54, 1.807) is 0 Å². The third-order valence-electron chi connectivity index (χ3n) is 13.6. The Morgan fingerprint density at radius 2 is 0.918 bits per heavy atom. The molecule has 0 aliphatic heterocycles. The monoisotopic (exact) mass is 863 g/mol. The van der Waals surface area contributed by atoms with Gasteiger partial charge in [-0.1, -0.05) is 201 Å². The van der Waals surface area contributed by atoms with E-state index in [0.29, 0.717) is 44.6 Å². The van der Waals surface area contributed by atoms with E-state index in [2.05, 4.69) is 30.6 Å². The van der Waals surface area contributed by atoms with Crippen LogP contribution in [-0.4, -0.2) is 85.4 Å². The molecule has 0 aromatic heterocycles. The van der Waals surface area contributed by atoms with Crippen molar-refractivity contribution >= 4 is 11.9 Å². The maximum Gasteiger partial charge on any atom is 0.305 e. The fraction of sp³-hybridized carbons (Fsp3) is 0.963. The van der Waals surface area contributed by atoms with Gasteiger partial charge in [-0.05, 0) is 76.8 Å². The number of hydrogen-bond acceptors (Lipinski definition) is 7. The van der Waals surface area contributed by atoms with Gasteiger partial charge in [0.1, 0.15) is 0 Å². The molecule has 0 amide bonds. The highest BCUT2D eigenvalue weighted by atomic mass is 16.5. The van der Waals surface area contributed by atoms with Gasteiger partial charge in [0, 0.05) is 38.5 Å². The molecule has 7 nitrogen and oxygen atoms in total. The van der Waals surface area contributed by atoms with Crippen LogP contribution in [0.2, 0.25) is 0 Å². The van der Waals surface area contributed by atoms with Gasteiger partial charge in [-0.3, -0.25) is 19.4 Å². The van der Waals surface area contributed by atoms with Gasteiger partial charge >= 0.3 is 11.9 Å². The third-order valence-corrected chi connectivity index (χ3v) is 13.6. The van der Waals surface area contributed by atoms with Crippen molar-refractivity contribution in [2.75, 3.05) is 52.5 Å². The molecule has 0 heterocycles. The zero-order chi connectivity index (χ0) is 44.1. The molecule has 1 fully saturated rings. The fourth-order valence-electron chi connectivity index (χ4n) is 9.43. The Hall–Kier alpha value is -1.18. The van der Waals surface area contributed by atoms with Crippen molar-refractivity contribution in [3.63, 3.8) is 0 Å². The summed E-state index contributed by atoms with van der Waals surface area (Å²) in [6.07, 6.45) is 47.7. The summed E-state index contributed by atoms with van der Waals surface area (Å²) in [5.41, 5.74) is 0. The maximum absolute atomic E-state index is 12.8. The predicted molar refractivity (Wildman–Crippen MR) is 261 cm³/mol. The number of carbonyl (C=O) groups excluding carboxylic acids is 2. The predicted octanol–water partition coefficient (Wildman–Crippen LogP) is 14.9. The van der Waals surface area contributed by atoms with Crippen molar-refractivity contribution in [3.05, 3.63) is 0 Å². The number of carbonyl (C=O) groups is 2. The molecule has 362 valence electrons. The number of unbranched alkanes of at least 4 members (excludes halogenated alkanes) is 25. The van der Waals surface area contributed by atoms with Crippen molar-refractivity contribution in [2.45, 2.75) is 277 Å². The number of rotatable bonds is 47. The van der Waals surface area contributed by atoms with Gasteiger partial charge in [-0.25, -0.2) is 0 Å². The van der Waals surface area contributed by atoms with Crippen molar-refractivity contribution in [1.29, 1.82) is 0 Å². The standard InChI is InChI=1S/C54H106N2O5/c1-4-7-10-13-16-17-18-19-20-21-24-36-49-60-53(58)41-33-27-35-44-56(52-39-30-25-31-40-52)46-45-55(47-48-57)43-34-26-32-42-54(59)61-50-51(37-28-22-14-11-8-5-2)38-29-23-15-12-9-6-3/h51-52,57H,4-50H2,1-3H3. The summed E-state index contributed by atoms with van der Waals surface area (Å²) in [4.78, 5) is 30.3. The number of nitrogens with zero attached hydrogens (tertiary/aromatic N) is 2. The molecule has 1 saturated carbocycles. The highest BCUT2D eigenvalue weighted by Gasteiger charge is 2.21. The molecule has 0 atom stereocenters. The lowest BCUT2D eigenvalue weighted by Crippen LogP contribution is -2.43. The Balaban J connectivity index is 2.29. The summed E-state index contributed by atoms with van der Waals surface area (Å²) in [5.74, 6) is 0.483. The molecule has 0 unspecified atom stereocenters. The number of aliphatic hydroxyl groups is 1. The minimum Gasteiger partial charge on any atom is -0.466 e. The first-order valence-electron chi connectivity index (χ1n) is 27.4. The van der Waals surface area contributed by atoms with E-state index in [4.69, 9.17) is 9.47 Å². The second-order valence-corrected chi connectivity index (χ2v) is 19.3. The van der Waals surface area contributed by atoms with Crippen LogP contribution in [0.15, 0.2) is 0 Å². The van der Waals surface area contributed by atoms with Crippen LogP contribution < -0.4 is 0 Å². The van der Waals surface area contributed by atoms with Crippen molar-refractivity contribution in [2.24, 2.45) is 5.92 Å². The van der Waals surface area contributed by atoms with Gasteiger partial charge in [0.15, 0.2) is 0 Å². The smallest absolute Gasteiger partial charge is 0.305 e. The molecule has 0 radical (unpaired) electrons. The van der Waals surface area contributed by atoms with Crippen LogP contribution >= 0.6 is 0 Å². The topological polar surface area (TPSA) is 79.3 Å². The van der Waals surface area contributed by atoms with Crippen LogP contribution in [-0.2, 0) is 19.1 Å². The fourth-order valence-corrected chi connectivity index (χ4v) is 9.43. The van der Waals surface area contributed by atoms with Crippen LogP contribution in [0.4, 0.5) is 0 Å². The molecule has 61 heavy (non-hydrogen) atoms. The molecule has 0 bridgehead atoms. The first-order chi connectivity index (χ1) is 30.0. The molecule has 1 aliphatic carbocycles. The molecule has 0 aromatic carbocycles. The number of esters is 2. The molecule has 1 N–H and O–H groups in total. The minimum atomic E-state index is -0.0185.